The topological polar surface area (TPSA) is 110 Å². The van der Waals surface area contributed by atoms with Crippen LogP contribution in [-0.4, -0.2) is 62.8 Å². The lowest BCUT2D eigenvalue weighted by molar-refractivity contribution is -0.283. The van der Waals surface area contributed by atoms with Crippen molar-refractivity contribution in [3.63, 3.8) is 0 Å². The molecule has 5 N–H and O–H groups in total. The van der Waals surface area contributed by atoms with Gasteiger partial charge < -0.3 is 30.3 Å². The zero-order valence-electron chi connectivity index (χ0n) is 6.95. The van der Waals surface area contributed by atoms with E-state index in [1.807, 2.05) is 0 Å². The van der Waals surface area contributed by atoms with Crippen LogP contribution in [0.25, 0.3) is 0 Å². The van der Waals surface area contributed by atoms with Crippen LogP contribution in [0.1, 0.15) is 6.42 Å². The summed E-state index contributed by atoms with van der Waals surface area (Å²) in [6.07, 6.45) is -6.51. The maximum atomic E-state index is 9.30. The van der Waals surface area contributed by atoms with E-state index in [2.05, 4.69) is 0 Å². The molecule has 0 aromatic rings. The molecular weight excluding hydrogens is 180 g/mol. The first kappa shape index (κ1) is 10.8. The lowest BCUT2D eigenvalue weighted by atomic mass is 9.97. The van der Waals surface area contributed by atoms with E-state index in [9.17, 15) is 10.2 Å². The van der Waals surface area contributed by atoms with E-state index >= 15 is 0 Å². The molecule has 0 aromatic carbocycles. The van der Waals surface area contributed by atoms with Crippen LogP contribution in [-0.2, 0) is 4.74 Å². The Morgan fingerprint density at radius 1 is 0.923 bits per heavy atom. The van der Waals surface area contributed by atoms with Gasteiger partial charge in [-0.3, -0.25) is 0 Å². The molecule has 1 heterocycles. The van der Waals surface area contributed by atoms with E-state index in [0.717, 1.165) is 0 Å². The van der Waals surface area contributed by atoms with E-state index < -0.39 is 30.7 Å². The number of aliphatic hydroxyl groups excluding tert-OH is 5. The molecule has 6 heteroatoms. The molecule has 1 aliphatic rings. The minimum atomic E-state index is -1.52. The lowest BCUT2D eigenvalue weighted by Crippen LogP contribution is -2.57. The molecule has 13 heavy (non-hydrogen) atoms. The first-order valence-corrected chi connectivity index (χ1v) is 4.06. The van der Waals surface area contributed by atoms with Crippen molar-refractivity contribution in [1.82, 2.24) is 0 Å². The molecule has 6 nitrogen and oxygen atoms in total. The quantitative estimate of drug-likeness (QED) is 0.324. The second kappa shape index (κ2) is 4.32. The summed E-state index contributed by atoms with van der Waals surface area (Å²) in [5.74, 6) is 0. The lowest BCUT2D eigenvalue weighted by Gasteiger charge is -2.38. The summed E-state index contributed by atoms with van der Waals surface area (Å²) >= 11 is 0. The van der Waals surface area contributed by atoms with Crippen molar-refractivity contribution in [2.24, 2.45) is 0 Å². The van der Waals surface area contributed by atoms with Crippen LogP contribution in [0, 0.1) is 0 Å². The Bertz CT molecular complexity index is 163. The van der Waals surface area contributed by atoms with Crippen molar-refractivity contribution in [1.29, 1.82) is 0 Å². The van der Waals surface area contributed by atoms with E-state index in [-0.39, 0.29) is 13.0 Å². The minimum absolute atomic E-state index is 0.0992. The molecule has 0 bridgehead atoms. The Hall–Kier alpha value is -0.240. The van der Waals surface area contributed by atoms with Crippen LogP contribution in [0.3, 0.4) is 0 Å². The third-order valence-corrected chi connectivity index (χ3v) is 2.10. The third kappa shape index (κ3) is 2.16. The van der Waals surface area contributed by atoms with Crippen molar-refractivity contribution >= 4 is 0 Å². The zero-order valence-corrected chi connectivity index (χ0v) is 6.95. The molecule has 5 atom stereocenters. The number of rotatable bonds is 2. The number of aliphatic hydroxyl groups is 5. The van der Waals surface area contributed by atoms with Crippen LogP contribution < -0.4 is 0 Å². The smallest absolute Gasteiger partial charge is 0.183 e. The first-order valence-electron chi connectivity index (χ1n) is 4.06. The Kier molecular flexibility index (Phi) is 3.60. The maximum Gasteiger partial charge on any atom is 0.183 e. The Labute approximate surface area is 75.0 Å². The van der Waals surface area contributed by atoms with Crippen LogP contribution in [0.15, 0.2) is 0 Å². The molecule has 78 valence electrons. The van der Waals surface area contributed by atoms with E-state index in [0.29, 0.717) is 0 Å². The molecule has 1 aliphatic heterocycles. The summed E-state index contributed by atoms with van der Waals surface area (Å²) in [5, 5.41) is 45.1. The van der Waals surface area contributed by atoms with Crippen LogP contribution in [0.4, 0.5) is 0 Å². The normalized spacial score (nSPS) is 46.4. The van der Waals surface area contributed by atoms with Crippen LogP contribution in [0.5, 0.6) is 0 Å². The van der Waals surface area contributed by atoms with Gasteiger partial charge >= 0.3 is 0 Å². The van der Waals surface area contributed by atoms with Crippen molar-refractivity contribution in [2.45, 2.75) is 37.1 Å². The van der Waals surface area contributed by atoms with E-state index in [1.165, 1.54) is 0 Å². The number of hydrogen-bond donors (Lipinski definition) is 5. The highest BCUT2D eigenvalue weighted by Gasteiger charge is 2.42. The standard InChI is InChI=1S/C7H14O6/c8-2-1-3-4(9)5(10)6(11)7(12)13-3/h3-12H,1-2H2/t3-,4+,5-,6+,7?/m1/s1. The number of hydrogen-bond acceptors (Lipinski definition) is 6. The average molecular weight is 194 g/mol. The second-order valence-electron chi connectivity index (χ2n) is 3.05. The summed E-state index contributed by atoms with van der Waals surface area (Å²) in [6, 6.07) is 0. The highest BCUT2D eigenvalue weighted by Crippen LogP contribution is 2.21. The highest BCUT2D eigenvalue weighted by molar-refractivity contribution is 4.88. The highest BCUT2D eigenvalue weighted by atomic mass is 16.6. The van der Waals surface area contributed by atoms with Gasteiger partial charge in [0.1, 0.15) is 18.3 Å². The fourth-order valence-electron chi connectivity index (χ4n) is 1.30. The molecule has 1 rings (SSSR count). The van der Waals surface area contributed by atoms with Gasteiger partial charge in [0.25, 0.3) is 0 Å². The van der Waals surface area contributed by atoms with Gasteiger partial charge in [-0.25, -0.2) is 0 Å². The van der Waals surface area contributed by atoms with Crippen molar-refractivity contribution < 1.29 is 30.3 Å². The van der Waals surface area contributed by atoms with Gasteiger partial charge in [0.15, 0.2) is 6.29 Å². The molecular formula is C7H14O6. The van der Waals surface area contributed by atoms with Crippen LogP contribution >= 0.6 is 0 Å². The van der Waals surface area contributed by atoms with Gasteiger partial charge in [-0.05, 0) is 6.42 Å². The zero-order chi connectivity index (χ0) is 10.0. The van der Waals surface area contributed by atoms with Crippen molar-refractivity contribution in [3.05, 3.63) is 0 Å². The van der Waals surface area contributed by atoms with Gasteiger partial charge in [0.05, 0.1) is 6.10 Å². The maximum absolute atomic E-state index is 9.30. The van der Waals surface area contributed by atoms with Crippen molar-refractivity contribution in [3.8, 4) is 0 Å². The molecule has 1 fully saturated rings. The molecule has 0 radical (unpaired) electrons. The Balaban J connectivity index is 2.59. The summed E-state index contributed by atoms with van der Waals surface area (Å²) in [5.41, 5.74) is 0. The summed E-state index contributed by atoms with van der Waals surface area (Å²) in [7, 11) is 0. The van der Waals surface area contributed by atoms with Crippen molar-refractivity contribution in [2.75, 3.05) is 6.61 Å². The molecule has 0 spiro atoms. The predicted octanol–water partition coefficient (Wildman–Crippen LogP) is -2.83. The predicted molar refractivity (Wildman–Crippen MR) is 40.6 cm³/mol. The van der Waals surface area contributed by atoms with Gasteiger partial charge in [-0.15, -0.1) is 0 Å². The molecule has 1 unspecified atom stereocenters. The third-order valence-electron chi connectivity index (χ3n) is 2.10. The molecule has 0 aliphatic carbocycles. The fraction of sp³-hybridized carbons (Fsp3) is 1.00. The summed E-state index contributed by atoms with van der Waals surface area (Å²) in [6.45, 7) is -0.225. The van der Waals surface area contributed by atoms with Gasteiger partial charge in [-0.2, -0.15) is 0 Å². The monoisotopic (exact) mass is 194 g/mol. The summed E-state index contributed by atoms with van der Waals surface area (Å²) in [4.78, 5) is 0. The average Bonchev–Trinajstić information content (AvgIpc) is 2.11. The van der Waals surface area contributed by atoms with Gasteiger partial charge in [0.2, 0.25) is 0 Å². The largest absolute Gasteiger partial charge is 0.396 e. The fourth-order valence-corrected chi connectivity index (χ4v) is 1.30. The molecule has 0 amide bonds. The minimum Gasteiger partial charge on any atom is -0.396 e. The van der Waals surface area contributed by atoms with E-state index in [1.54, 1.807) is 0 Å². The van der Waals surface area contributed by atoms with Gasteiger partial charge in [0, 0.05) is 6.61 Å². The second-order valence-corrected chi connectivity index (χ2v) is 3.05. The van der Waals surface area contributed by atoms with E-state index in [4.69, 9.17) is 20.1 Å². The Morgan fingerprint density at radius 2 is 1.54 bits per heavy atom. The molecule has 0 saturated carbocycles. The van der Waals surface area contributed by atoms with Crippen LogP contribution in [0.2, 0.25) is 0 Å². The number of ether oxygens (including phenoxy) is 1. The molecule has 1 saturated heterocycles. The molecule has 0 aromatic heterocycles. The SMILES string of the molecule is OCC[C@H]1OC(O)[C@@H](O)[C@H](O)[C@H]1O. The van der Waals surface area contributed by atoms with Gasteiger partial charge in [-0.1, -0.05) is 0 Å². The summed E-state index contributed by atoms with van der Waals surface area (Å²) < 4.78 is 4.76. The Morgan fingerprint density at radius 3 is 2.08 bits per heavy atom. The first-order chi connectivity index (χ1) is 6.07.